The van der Waals surface area contributed by atoms with Crippen molar-refractivity contribution in [3.8, 4) is 0 Å². The third-order valence-electron chi connectivity index (χ3n) is 1.65. The number of amides is 2. The smallest absolute Gasteiger partial charge is 0.502 e. The van der Waals surface area contributed by atoms with Gasteiger partial charge in [0.05, 0.1) is 6.42 Å². The Morgan fingerprint density at radius 3 is 2.29 bits per heavy atom. The molecule has 2 amide bonds. The van der Waals surface area contributed by atoms with Gasteiger partial charge in [0.2, 0.25) is 5.71 Å². The molecule has 6 heteroatoms. The van der Waals surface area contributed by atoms with E-state index in [0.717, 1.165) is 0 Å². The Kier molecular flexibility index (Phi) is 2.66. The lowest BCUT2D eigenvalue weighted by atomic mass is 10.1. The molecule has 0 radical (unpaired) electrons. The molecule has 74 valence electrons. The largest absolute Gasteiger partial charge is 0.606 e. The van der Waals surface area contributed by atoms with Gasteiger partial charge in [0.25, 0.3) is 0 Å². The van der Waals surface area contributed by atoms with Crippen LogP contribution < -0.4 is 0 Å². The number of carbonyl (C=O) groups is 2. The summed E-state index contributed by atoms with van der Waals surface area (Å²) >= 11 is 0. The highest BCUT2D eigenvalue weighted by atomic mass is 16.4. The van der Waals surface area contributed by atoms with Gasteiger partial charge in [-0.2, -0.15) is 9.59 Å². The third kappa shape index (κ3) is 1.79. The first-order chi connectivity index (χ1) is 6.54. The van der Waals surface area contributed by atoms with E-state index in [1.165, 1.54) is 12.2 Å². The maximum Gasteiger partial charge on any atom is 0.606 e. The van der Waals surface area contributed by atoms with E-state index in [0.29, 0.717) is 0 Å². The minimum absolute atomic E-state index is 0.0704. The fraction of sp³-hybridized carbons (Fsp3) is 0.125. The standard InChI is InChI=1S/C8H7NO5/c10-6-4-2-1-3-5(6)9(7(11)12)8(13)14/h1-2,4H,3H2,(H2-,10,11,12,13,14)/p+1. The van der Waals surface area contributed by atoms with Crippen molar-refractivity contribution in [2.24, 2.45) is 0 Å². The first kappa shape index (κ1) is 9.97. The lowest BCUT2D eigenvalue weighted by molar-refractivity contribution is -0.363. The van der Waals surface area contributed by atoms with E-state index >= 15 is 0 Å². The van der Waals surface area contributed by atoms with Gasteiger partial charge in [0.15, 0.2) is 5.76 Å². The number of rotatable bonds is 0. The fourth-order valence-corrected chi connectivity index (χ4v) is 1.06. The molecule has 0 bridgehead atoms. The van der Waals surface area contributed by atoms with Gasteiger partial charge in [-0.05, 0) is 10.7 Å². The Morgan fingerprint density at radius 2 is 1.86 bits per heavy atom. The van der Waals surface area contributed by atoms with E-state index in [2.05, 4.69) is 0 Å². The van der Waals surface area contributed by atoms with Crippen LogP contribution in [0, 0.1) is 0 Å². The monoisotopic (exact) mass is 198 g/mol. The zero-order valence-electron chi connectivity index (χ0n) is 7.04. The second-order valence-corrected chi connectivity index (χ2v) is 2.53. The van der Waals surface area contributed by atoms with E-state index in [9.17, 15) is 14.7 Å². The predicted octanol–water partition coefficient (Wildman–Crippen LogP) is 1.20. The average Bonchev–Trinajstić information content (AvgIpc) is 2.07. The summed E-state index contributed by atoms with van der Waals surface area (Å²) in [6.07, 6.45) is 1.10. The van der Waals surface area contributed by atoms with Crippen LogP contribution in [0.3, 0.4) is 0 Å². The minimum atomic E-state index is -1.64. The summed E-state index contributed by atoms with van der Waals surface area (Å²) in [7, 11) is 0. The number of hydrogen-bond donors (Lipinski definition) is 3. The molecule has 0 spiro atoms. The average molecular weight is 198 g/mol. The highest BCUT2D eigenvalue weighted by molar-refractivity contribution is 6.01. The molecule has 0 aromatic carbocycles. The SMILES string of the molecule is O=C(O)[N+](C(=O)O)=C1CC=CC=C1O. The summed E-state index contributed by atoms with van der Waals surface area (Å²) in [5.41, 5.74) is -0.160. The second kappa shape index (κ2) is 3.73. The van der Waals surface area contributed by atoms with Crippen LogP contribution in [0.4, 0.5) is 9.59 Å². The van der Waals surface area contributed by atoms with Crippen molar-refractivity contribution in [2.75, 3.05) is 0 Å². The zero-order valence-corrected chi connectivity index (χ0v) is 7.04. The minimum Gasteiger partial charge on any atom is -0.502 e. The summed E-state index contributed by atoms with van der Waals surface area (Å²) in [5.74, 6) is -0.350. The van der Waals surface area contributed by atoms with Crippen molar-refractivity contribution >= 4 is 17.9 Å². The molecule has 0 fully saturated rings. The van der Waals surface area contributed by atoms with Gasteiger partial charge < -0.3 is 15.3 Å². The molecule has 6 nitrogen and oxygen atoms in total. The van der Waals surface area contributed by atoms with Crippen molar-refractivity contribution in [1.29, 1.82) is 0 Å². The molecule has 1 aliphatic carbocycles. The topological polar surface area (TPSA) is 97.8 Å². The molecule has 0 aromatic rings. The van der Waals surface area contributed by atoms with E-state index in [-0.39, 0.29) is 22.5 Å². The van der Waals surface area contributed by atoms with Crippen molar-refractivity contribution in [3.63, 3.8) is 0 Å². The van der Waals surface area contributed by atoms with Gasteiger partial charge >= 0.3 is 12.2 Å². The van der Waals surface area contributed by atoms with Crippen LogP contribution in [-0.2, 0) is 0 Å². The van der Waals surface area contributed by atoms with Crippen LogP contribution >= 0.6 is 0 Å². The molecule has 14 heavy (non-hydrogen) atoms. The number of aliphatic hydroxyl groups excluding tert-OH is 1. The van der Waals surface area contributed by atoms with E-state index in [1.54, 1.807) is 6.08 Å². The molecular weight excluding hydrogens is 190 g/mol. The van der Waals surface area contributed by atoms with Crippen molar-refractivity contribution in [3.05, 3.63) is 24.0 Å². The first-order valence-electron chi connectivity index (χ1n) is 3.72. The molecule has 3 N–H and O–H groups in total. The molecular formula is C8H8NO5+. The summed E-state index contributed by atoms with van der Waals surface area (Å²) in [6.45, 7) is 0. The van der Waals surface area contributed by atoms with Crippen LogP contribution in [0.1, 0.15) is 6.42 Å². The number of hydrogen-bond acceptors (Lipinski definition) is 3. The Morgan fingerprint density at radius 1 is 1.29 bits per heavy atom. The summed E-state index contributed by atoms with van der Waals surface area (Å²) in [6, 6.07) is 0. The van der Waals surface area contributed by atoms with Crippen molar-refractivity contribution in [2.45, 2.75) is 6.42 Å². The van der Waals surface area contributed by atoms with Gasteiger partial charge in [0.1, 0.15) is 0 Å². The maximum atomic E-state index is 10.5. The third-order valence-corrected chi connectivity index (χ3v) is 1.65. The van der Waals surface area contributed by atoms with Gasteiger partial charge in [-0.1, -0.05) is 12.2 Å². The highest BCUT2D eigenvalue weighted by Crippen LogP contribution is 2.07. The van der Waals surface area contributed by atoms with Crippen molar-refractivity contribution in [1.82, 2.24) is 0 Å². The van der Waals surface area contributed by atoms with E-state index in [4.69, 9.17) is 10.2 Å². The summed E-state index contributed by atoms with van der Waals surface area (Å²) in [4.78, 5) is 21.1. The second-order valence-electron chi connectivity index (χ2n) is 2.53. The predicted molar refractivity (Wildman–Crippen MR) is 45.8 cm³/mol. The maximum absolute atomic E-state index is 10.5. The van der Waals surface area contributed by atoms with Gasteiger partial charge in [0, 0.05) is 0 Å². The Hall–Kier alpha value is -2.11. The molecule has 1 aliphatic rings. The zero-order chi connectivity index (χ0) is 10.7. The highest BCUT2D eigenvalue weighted by Gasteiger charge is 2.33. The first-order valence-corrected chi connectivity index (χ1v) is 3.72. The number of carboxylic acid groups (broad SMARTS) is 2. The number of nitrogens with zero attached hydrogens (tertiary/aromatic N) is 1. The van der Waals surface area contributed by atoms with Gasteiger partial charge in [-0.15, -0.1) is 0 Å². The molecule has 0 atom stereocenters. The number of allylic oxidation sites excluding steroid dienone is 4. The normalized spacial score (nSPS) is 14.9. The lowest BCUT2D eigenvalue weighted by Gasteiger charge is -2.02. The molecule has 0 aromatic heterocycles. The molecule has 0 aliphatic heterocycles. The Labute approximate surface area is 78.7 Å². The van der Waals surface area contributed by atoms with Gasteiger partial charge in [-0.3, -0.25) is 0 Å². The van der Waals surface area contributed by atoms with E-state index < -0.39 is 12.2 Å². The van der Waals surface area contributed by atoms with E-state index in [1.807, 2.05) is 0 Å². The van der Waals surface area contributed by atoms with Crippen LogP contribution in [0.15, 0.2) is 24.0 Å². The summed E-state index contributed by atoms with van der Waals surface area (Å²) in [5, 5.41) is 26.4. The quantitative estimate of drug-likeness (QED) is 0.508. The number of aliphatic hydroxyl groups is 1. The van der Waals surface area contributed by atoms with Crippen LogP contribution in [-0.4, -0.2) is 37.8 Å². The fourth-order valence-electron chi connectivity index (χ4n) is 1.06. The van der Waals surface area contributed by atoms with Crippen LogP contribution in [0.25, 0.3) is 0 Å². The lowest BCUT2D eigenvalue weighted by Crippen LogP contribution is -2.32. The summed E-state index contributed by atoms with van der Waals surface area (Å²) < 4.78 is 0.0926. The van der Waals surface area contributed by atoms with Crippen LogP contribution in [0.2, 0.25) is 0 Å². The Balaban J connectivity index is 3.25. The Bertz CT molecular complexity index is 361. The number of imide groups is 1. The van der Waals surface area contributed by atoms with Gasteiger partial charge in [-0.25, -0.2) is 0 Å². The molecule has 1 rings (SSSR count). The van der Waals surface area contributed by atoms with Crippen LogP contribution in [0.5, 0.6) is 0 Å². The molecule has 0 saturated heterocycles. The van der Waals surface area contributed by atoms with Crippen molar-refractivity contribution < 1.29 is 29.5 Å². The molecule has 0 heterocycles. The molecule has 0 unspecified atom stereocenters. The molecule has 0 saturated carbocycles.